The zero-order valence-electron chi connectivity index (χ0n) is 15.6. The van der Waals surface area contributed by atoms with Gasteiger partial charge in [-0.1, -0.05) is 34.1 Å². The second kappa shape index (κ2) is 8.62. The molecular weight excluding hydrogens is 442 g/mol. The first-order chi connectivity index (χ1) is 13.4. The third-order valence-electron chi connectivity index (χ3n) is 4.39. The highest BCUT2D eigenvalue weighted by molar-refractivity contribution is 9.10. The van der Waals surface area contributed by atoms with E-state index in [1.807, 2.05) is 31.2 Å². The van der Waals surface area contributed by atoms with Crippen LogP contribution in [0, 0.1) is 0 Å². The normalized spacial score (nSPS) is 16.1. The van der Waals surface area contributed by atoms with E-state index in [1.54, 1.807) is 32.4 Å². The third-order valence-corrected chi connectivity index (χ3v) is 5.33. The lowest BCUT2D eigenvalue weighted by Crippen LogP contribution is -2.45. The number of methoxy groups -OCH3 is 2. The van der Waals surface area contributed by atoms with Gasteiger partial charge in [-0.05, 0) is 42.9 Å². The van der Waals surface area contributed by atoms with Crippen LogP contribution in [0.25, 0.3) is 0 Å². The molecule has 0 saturated carbocycles. The van der Waals surface area contributed by atoms with Crippen molar-refractivity contribution < 1.29 is 14.3 Å². The fourth-order valence-corrected chi connectivity index (χ4v) is 3.81. The van der Waals surface area contributed by atoms with Gasteiger partial charge in [0, 0.05) is 16.2 Å². The Hall–Kier alpha value is -2.58. The minimum atomic E-state index is -0.395. The quantitative estimate of drug-likeness (QED) is 0.586. The van der Waals surface area contributed by atoms with Gasteiger partial charge in [-0.15, -0.1) is 0 Å². The van der Waals surface area contributed by atoms with Crippen LogP contribution >= 0.6 is 28.1 Å². The predicted octanol–water partition coefficient (Wildman–Crippen LogP) is 3.90. The molecule has 0 aromatic heterocycles. The van der Waals surface area contributed by atoms with Crippen molar-refractivity contribution in [1.82, 2.24) is 10.6 Å². The number of benzene rings is 2. The van der Waals surface area contributed by atoms with Gasteiger partial charge in [-0.25, -0.2) is 0 Å². The van der Waals surface area contributed by atoms with Crippen LogP contribution in [-0.4, -0.2) is 25.2 Å². The molecule has 2 aromatic carbocycles. The maximum absolute atomic E-state index is 13.2. The Bertz CT molecular complexity index is 961. The van der Waals surface area contributed by atoms with E-state index >= 15 is 0 Å². The molecule has 0 spiro atoms. The maximum Gasteiger partial charge on any atom is 0.255 e. The van der Waals surface area contributed by atoms with Crippen molar-refractivity contribution >= 4 is 44.9 Å². The molecule has 0 bridgehead atoms. The molecule has 1 amide bonds. The molecule has 8 heteroatoms. The molecule has 1 aliphatic heterocycles. The van der Waals surface area contributed by atoms with E-state index < -0.39 is 6.04 Å². The highest BCUT2D eigenvalue weighted by Crippen LogP contribution is 2.34. The molecule has 146 valence electrons. The summed E-state index contributed by atoms with van der Waals surface area (Å²) in [7, 11) is 3.12. The molecule has 3 rings (SSSR count). The number of allylic oxidation sites excluding steroid dienone is 1. The van der Waals surface area contributed by atoms with Crippen molar-refractivity contribution in [3.8, 4) is 11.5 Å². The number of hydrogen-bond donors (Lipinski definition) is 3. The van der Waals surface area contributed by atoms with E-state index in [9.17, 15) is 4.79 Å². The van der Waals surface area contributed by atoms with Crippen LogP contribution < -0.4 is 25.4 Å². The van der Waals surface area contributed by atoms with Crippen LogP contribution in [0.2, 0.25) is 0 Å². The number of amides is 1. The first kappa shape index (κ1) is 20.2. The number of nitrogens with one attached hydrogen (secondary N) is 3. The summed E-state index contributed by atoms with van der Waals surface area (Å²) in [6.45, 7) is 1.83. The van der Waals surface area contributed by atoms with E-state index in [1.165, 1.54) is 0 Å². The Morgan fingerprint density at radius 1 is 1.18 bits per heavy atom. The Kier molecular flexibility index (Phi) is 6.21. The number of carbonyl (C=O) groups excluding carboxylic acids is 1. The lowest BCUT2D eigenvalue weighted by molar-refractivity contribution is -0.113. The smallest absolute Gasteiger partial charge is 0.255 e. The molecular formula is C20H20BrN3O3S. The van der Waals surface area contributed by atoms with Crippen molar-refractivity contribution in [3.05, 3.63) is 63.8 Å². The number of rotatable bonds is 5. The molecule has 2 aromatic rings. The predicted molar refractivity (Wildman–Crippen MR) is 117 cm³/mol. The van der Waals surface area contributed by atoms with E-state index in [4.69, 9.17) is 21.7 Å². The Morgan fingerprint density at radius 2 is 1.93 bits per heavy atom. The van der Waals surface area contributed by atoms with Gasteiger partial charge in [0.15, 0.2) is 5.11 Å². The average molecular weight is 462 g/mol. The molecule has 0 fully saturated rings. The van der Waals surface area contributed by atoms with Crippen LogP contribution in [0.5, 0.6) is 11.5 Å². The second-order valence-corrected chi connectivity index (χ2v) is 7.37. The largest absolute Gasteiger partial charge is 0.497 e. The van der Waals surface area contributed by atoms with Gasteiger partial charge in [-0.2, -0.15) is 0 Å². The SMILES string of the molecule is COc1ccc(NC(=O)C2=C(C)NC(=S)NC2c2ccccc2Br)c(OC)c1. The standard InChI is InChI=1S/C20H20BrN3O3S/c1-11-17(18(24-20(28)22-11)13-6-4-5-7-14(13)21)19(25)23-15-9-8-12(26-2)10-16(15)27-3/h4-10,18H,1-3H3,(H,23,25)(H2,22,24,28). The van der Waals surface area contributed by atoms with Crippen LogP contribution in [-0.2, 0) is 4.79 Å². The number of anilines is 1. The Balaban J connectivity index is 1.97. The summed E-state index contributed by atoms with van der Waals surface area (Å²) in [5.74, 6) is 0.891. The van der Waals surface area contributed by atoms with Crippen LogP contribution in [0.4, 0.5) is 5.69 Å². The average Bonchev–Trinajstić information content (AvgIpc) is 2.67. The molecule has 1 heterocycles. The summed E-state index contributed by atoms with van der Waals surface area (Å²) in [6.07, 6.45) is 0. The number of hydrogen-bond acceptors (Lipinski definition) is 4. The van der Waals surface area contributed by atoms with Crippen LogP contribution in [0.1, 0.15) is 18.5 Å². The highest BCUT2D eigenvalue weighted by Gasteiger charge is 2.31. The van der Waals surface area contributed by atoms with E-state index in [2.05, 4.69) is 31.9 Å². The van der Waals surface area contributed by atoms with E-state index in [-0.39, 0.29) is 5.91 Å². The van der Waals surface area contributed by atoms with Crippen molar-refractivity contribution in [2.24, 2.45) is 0 Å². The number of carbonyl (C=O) groups is 1. The molecule has 0 saturated heterocycles. The van der Waals surface area contributed by atoms with Gasteiger partial charge < -0.3 is 25.4 Å². The molecule has 0 radical (unpaired) electrons. The maximum atomic E-state index is 13.2. The fourth-order valence-electron chi connectivity index (χ4n) is 3.03. The summed E-state index contributed by atoms with van der Waals surface area (Å²) in [6, 6.07) is 12.5. The lowest BCUT2D eigenvalue weighted by Gasteiger charge is -2.31. The van der Waals surface area contributed by atoms with E-state index in [0.29, 0.717) is 33.6 Å². The molecule has 1 aliphatic rings. The highest BCUT2D eigenvalue weighted by atomic mass is 79.9. The van der Waals surface area contributed by atoms with Gasteiger partial charge >= 0.3 is 0 Å². The van der Waals surface area contributed by atoms with E-state index in [0.717, 1.165) is 10.0 Å². The summed E-state index contributed by atoms with van der Waals surface area (Å²) in [4.78, 5) is 13.2. The molecule has 28 heavy (non-hydrogen) atoms. The lowest BCUT2D eigenvalue weighted by atomic mass is 9.95. The van der Waals surface area contributed by atoms with Crippen molar-refractivity contribution in [3.63, 3.8) is 0 Å². The summed E-state index contributed by atoms with van der Waals surface area (Å²) in [5.41, 5.74) is 2.69. The minimum Gasteiger partial charge on any atom is -0.497 e. The topological polar surface area (TPSA) is 71.6 Å². The molecule has 1 atom stereocenters. The van der Waals surface area contributed by atoms with Gasteiger partial charge in [0.1, 0.15) is 11.5 Å². The molecule has 0 aliphatic carbocycles. The van der Waals surface area contributed by atoms with Crippen molar-refractivity contribution in [1.29, 1.82) is 0 Å². The molecule has 6 nitrogen and oxygen atoms in total. The summed E-state index contributed by atoms with van der Waals surface area (Å²) in [5, 5.41) is 9.62. The zero-order chi connectivity index (χ0) is 20.3. The fraction of sp³-hybridized carbons (Fsp3) is 0.200. The van der Waals surface area contributed by atoms with Crippen molar-refractivity contribution in [2.75, 3.05) is 19.5 Å². The third kappa shape index (κ3) is 4.13. The minimum absolute atomic E-state index is 0.260. The Labute approximate surface area is 177 Å². The van der Waals surface area contributed by atoms with Gasteiger partial charge in [0.2, 0.25) is 0 Å². The molecule has 1 unspecified atom stereocenters. The number of halogens is 1. The monoisotopic (exact) mass is 461 g/mol. The first-order valence-electron chi connectivity index (χ1n) is 8.50. The Morgan fingerprint density at radius 3 is 2.61 bits per heavy atom. The second-order valence-electron chi connectivity index (χ2n) is 6.11. The zero-order valence-corrected chi connectivity index (χ0v) is 18.0. The van der Waals surface area contributed by atoms with Crippen LogP contribution in [0.15, 0.2) is 58.2 Å². The van der Waals surface area contributed by atoms with Crippen molar-refractivity contribution in [2.45, 2.75) is 13.0 Å². The van der Waals surface area contributed by atoms with Gasteiger partial charge in [0.05, 0.1) is 31.5 Å². The summed E-state index contributed by atoms with van der Waals surface area (Å²) < 4.78 is 11.5. The van der Waals surface area contributed by atoms with Gasteiger partial charge in [0.25, 0.3) is 5.91 Å². The first-order valence-corrected chi connectivity index (χ1v) is 9.70. The summed E-state index contributed by atoms with van der Waals surface area (Å²) >= 11 is 8.86. The van der Waals surface area contributed by atoms with Gasteiger partial charge in [-0.3, -0.25) is 4.79 Å². The van der Waals surface area contributed by atoms with Crippen LogP contribution in [0.3, 0.4) is 0 Å². The molecule has 3 N–H and O–H groups in total. The number of ether oxygens (including phenoxy) is 2. The number of thiocarbonyl (C=S) groups is 1.